The molecule has 0 bridgehead atoms. The van der Waals surface area contributed by atoms with Gasteiger partial charge in [0.25, 0.3) is 5.69 Å². The van der Waals surface area contributed by atoms with Crippen molar-refractivity contribution >= 4 is 11.4 Å². The molecular formula is C17H20N2O3. The van der Waals surface area contributed by atoms with E-state index < -0.39 is 4.92 Å². The highest BCUT2D eigenvalue weighted by Crippen LogP contribution is 2.17. The molecule has 2 aromatic rings. The fourth-order valence-corrected chi connectivity index (χ4v) is 2.10. The van der Waals surface area contributed by atoms with Gasteiger partial charge < -0.3 is 10.1 Å². The van der Waals surface area contributed by atoms with E-state index in [0.717, 1.165) is 29.8 Å². The van der Waals surface area contributed by atoms with Crippen LogP contribution in [0.1, 0.15) is 24.5 Å². The van der Waals surface area contributed by atoms with Crippen molar-refractivity contribution < 1.29 is 9.66 Å². The Morgan fingerprint density at radius 3 is 2.41 bits per heavy atom. The normalized spacial score (nSPS) is 10.4. The number of nitrogens with one attached hydrogen (secondary N) is 1. The number of hydrogen-bond acceptors (Lipinski definition) is 4. The number of benzene rings is 2. The summed E-state index contributed by atoms with van der Waals surface area (Å²) >= 11 is 0. The van der Waals surface area contributed by atoms with Crippen LogP contribution in [0.3, 0.4) is 0 Å². The lowest BCUT2D eigenvalue weighted by atomic mass is 10.1. The number of nitrogens with zero attached hydrogens (tertiary/aromatic N) is 1. The summed E-state index contributed by atoms with van der Waals surface area (Å²) < 4.78 is 5.60. The minimum absolute atomic E-state index is 0.0962. The Labute approximate surface area is 130 Å². The van der Waals surface area contributed by atoms with E-state index >= 15 is 0 Å². The molecule has 0 heterocycles. The molecule has 22 heavy (non-hydrogen) atoms. The van der Waals surface area contributed by atoms with Crippen molar-refractivity contribution in [2.45, 2.75) is 26.5 Å². The van der Waals surface area contributed by atoms with E-state index in [1.807, 2.05) is 12.1 Å². The van der Waals surface area contributed by atoms with Crippen molar-refractivity contribution in [2.24, 2.45) is 0 Å². The number of rotatable bonds is 8. The van der Waals surface area contributed by atoms with E-state index in [4.69, 9.17) is 4.74 Å². The van der Waals surface area contributed by atoms with E-state index in [2.05, 4.69) is 24.4 Å². The van der Waals surface area contributed by atoms with Gasteiger partial charge in [-0.2, -0.15) is 0 Å². The molecule has 2 rings (SSSR count). The second kappa shape index (κ2) is 8.14. The first-order valence-corrected chi connectivity index (χ1v) is 7.33. The van der Waals surface area contributed by atoms with Crippen LogP contribution in [0.15, 0.2) is 48.5 Å². The van der Waals surface area contributed by atoms with Crippen LogP contribution in [0.4, 0.5) is 11.4 Å². The first kappa shape index (κ1) is 16.0. The van der Waals surface area contributed by atoms with E-state index in [1.54, 1.807) is 12.1 Å². The molecule has 0 radical (unpaired) electrons. The van der Waals surface area contributed by atoms with Crippen LogP contribution >= 0.6 is 0 Å². The Hall–Kier alpha value is -2.40. The molecule has 0 saturated heterocycles. The maximum atomic E-state index is 10.6. The summed E-state index contributed by atoms with van der Waals surface area (Å²) in [5.41, 5.74) is 3.27. The molecule has 1 N–H and O–H groups in total. The summed E-state index contributed by atoms with van der Waals surface area (Å²) in [5.74, 6) is 0. The molecule has 0 fully saturated rings. The minimum atomic E-state index is -0.399. The average Bonchev–Trinajstić information content (AvgIpc) is 2.54. The molecule has 5 nitrogen and oxygen atoms in total. The quantitative estimate of drug-likeness (QED) is 0.452. The van der Waals surface area contributed by atoms with Gasteiger partial charge in [0.2, 0.25) is 0 Å². The number of non-ortho nitro benzene ring substituents is 1. The van der Waals surface area contributed by atoms with Crippen molar-refractivity contribution in [3.63, 3.8) is 0 Å². The predicted octanol–water partition coefficient (Wildman–Crippen LogP) is 4.13. The Bertz CT molecular complexity index is 612. The standard InChI is InChI=1S/C17H20N2O3/c1-2-11-22-13-15-6-4-3-5-14(15)12-18-16-7-9-17(10-8-16)19(20)21/h3-10,18H,2,11-13H2,1H3. The summed E-state index contributed by atoms with van der Waals surface area (Å²) in [5, 5.41) is 13.9. The van der Waals surface area contributed by atoms with Crippen LogP contribution in [0.2, 0.25) is 0 Å². The van der Waals surface area contributed by atoms with Crippen molar-refractivity contribution in [2.75, 3.05) is 11.9 Å². The lowest BCUT2D eigenvalue weighted by Gasteiger charge is -2.11. The number of ether oxygens (including phenoxy) is 1. The molecule has 2 aromatic carbocycles. The summed E-state index contributed by atoms with van der Waals surface area (Å²) in [6, 6.07) is 14.5. The Kier molecular flexibility index (Phi) is 5.91. The SMILES string of the molecule is CCCOCc1ccccc1CNc1ccc([N+](=O)[O-])cc1. The van der Waals surface area contributed by atoms with Crippen LogP contribution in [0.25, 0.3) is 0 Å². The second-order valence-electron chi connectivity index (χ2n) is 4.98. The average molecular weight is 300 g/mol. The highest BCUT2D eigenvalue weighted by Gasteiger charge is 2.05. The molecule has 0 spiro atoms. The van der Waals surface area contributed by atoms with Gasteiger partial charge in [0.15, 0.2) is 0 Å². The maximum Gasteiger partial charge on any atom is 0.269 e. The predicted molar refractivity (Wildman–Crippen MR) is 86.8 cm³/mol. The van der Waals surface area contributed by atoms with Crippen LogP contribution in [0, 0.1) is 10.1 Å². The van der Waals surface area contributed by atoms with Crippen molar-refractivity contribution in [1.82, 2.24) is 0 Å². The van der Waals surface area contributed by atoms with E-state index in [0.29, 0.717) is 13.2 Å². The molecule has 0 amide bonds. The minimum Gasteiger partial charge on any atom is -0.381 e. The summed E-state index contributed by atoms with van der Waals surface area (Å²) in [4.78, 5) is 10.2. The third-order valence-corrected chi connectivity index (χ3v) is 3.29. The van der Waals surface area contributed by atoms with Crippen LogP contribution in [0.5, 0.6) is 0 Å². The molecule has 5 heteroatoms. The maximum absolute atomic E-state index is 10.6. The van der Waals surface area contributed by atoms with Gasteiger partial charge in [-0.05, 0) is 29.7 Å². The fourth-order valence-electron chi connectivity index (χ4n) is 2.10. The molecule has 0 aromatic heterocycles. The monoisotopic (exact) mass is 300 g/mol. The van der Waals surface area contributed by atoms with E-state index in [1.165, 1.54) is 12.1 Å². The number of nitro benzene ring substituents is 1. The third kappa shape index (κ3) is 4.56. The zero-order valence-corrected chi connectivity index (χ0v) is 12.6. The second-order valence-corrected chi connectivity index (χ2v) is 4.98. The summed E-state index contributed by atoms with van der Waals surface area (Å²) in [6.07, 6.45) is 1.00. The van der Waals surface area contributed by atoms with Gasteiger partial charge in [0.05, 0.1) is 11.5 Å². The fraction of sp³-hybridized carbons (Fsp3) is 0.294. The van der Waals surface area contributed by atoms with Crippen molar-refractivity contribution in [3.8, 4) is 0 Å². The first-order chi connectivity index (χ1) is 10.7. The van der Waals surface area contributed by atoms with Gasteiger partial charge in [0.1, 0.15) is 0 Å². The Morgan fingerprint density at radius 1 is 1.09 bits per heavy atom. The number of nitro groups is 1. The summed E-state index contributed by atoms with van der Waals surface area (Å²) in [7, 11) is 0. The molecule has 0 aliphatic rings. The van der Waals surface area contributed by atoms with Crippen molar-refractivity contribution in [1.29, 1.82) is 0 Å². The van der Waals surface area contributed by atoms with E-state index in [-0.39, 0.29) is 5.69 Å². The topological polar surface area (TPSA) is 64.4 Å². The van der Waals surface area contributed by atoms with Crippen molar-refractivity contribution in [3.05, 3.63) is 69.8 Å². The highest BCUT2D eigenvalue weighted by atomic mass is 16.6. The van der Waals surface area contributed by atoms with Gasteiger partial charge in [-0.3, -0.25) is 10.1 Å². The Morgan fingerprint density at radius 2 is 1.77 bits per heavy atom. The number of hydrogen-bond donors (Lipinski definition) is 1. The van der Waals surface area contributed by atoms with Crippen LogP contribution in [-0.4, -0.2) is 11.5 Å². The lowest BCUT2D eigenvalue weighted by molar-refractivity contribution is -0.384. The molecule has 0 unspecified atom stereocenters. The third-order valence-electron chi connectivity index (χ3n) is 3.29. The molecule has 0 aliphatic heterocycles. The lowest BCUT2D eigenvalue weighted by Crippen LogP contribution is -2.04. The molecule has 0 saturated carbocycles. The van der Waals surface area contributed by atoms with Gasteiger partial charge in [-0.15, -0.1) is 0 Å². The van der Waals surface area contributed by atoms with Gasteiger partial charge >= 0.3 is 0 Å². The van der Waals surface area contributed by atoms with Gasteiger partial charge in [0, 0.05) is 31.0 Å². The number of anilines is 1. The van der Waals surface area contributed by atoms with E-state index in [9.17, 15) is 10.1 Å². The van der Waals surface area contributed by atoms with Gasteiger partial charge in [-0.25, -0.2) is 0 Å². The largest absolute Gasteiger partial charge is 0.381 e. The van der Waals surface area contributed by atoms with Crippen LogP contribution in [-0.2, 0) is 17.9 Å². The Balaban J connectivity index is 1.97. The van der Waals surface area contributed by atoms with Gasteiger partial charge in [-0.1, -0.05) is 31.2 Å². The molecule has 0 aliphatic carbocycles. The smallest absolute Gasteiger partial charge is 0.269 e. The molecule has 0 atom stereocenters. The molecule has 116 valence electrons. The first-order valence-electron chi connectivity index (χ1n) is 7.33. The highest BCUT2D eigenvalue weighted by molar-refractivity contribution is 5.49. The summed E-state index contributed by atoms with van der Waals surface area (Å²) in [6.45, 7) is 4.10. The zero-order valence-electron chi connectivity index (χ0n) is 12.6. The van der Waals surface area contributed by atoms with Crippen LogP contribution < -0.4 is 5.32 Å². The zero-order chi connectivity index (χ0) is 15.8. The molecular weight excluding hydrogens is 280 g/mol.